The Morgan fingerprint density at radius 3 is 2.87 bits per heavy atom. The number of nitrogens with two attached hydrogens (primary N) is 1. The van der Waals surface area contributed by atoms with Crippen molar-refractivity contribution in [1.82, 2.24) is 19.5 Å². The van der Waals surface area contributed by atoms with Crippen LogP contribution in [0, 0.1) is 0 Å². The van der Waals surface area contributed by atoms with E-state index in [9.17, 15) is 4.79 Å². The third-order valence-electron chi connectivity index (χ3n) is 6.45. The van der Waals surface area contributed by atoms with Gasteiger partial charge in [-0.15, -0.1) is 0 Å². The molecular weight excluding hydrogens is 374 g/mol. The lowest BCUT2D eigenvalue weighted by atomic mass is 10.0. The van der Waals surface area contributed by atoms with Crippen LogP contribution in [0.1, 0.15) is 42.6 Å². The minimum Gasteiger partial charge on any atom is -0.369 e. The molecule has 0 radical (unpaired) electrons. The zero-order valence-electron chi connectivity index (χ0n) is 16.5. The van der Waals surface area contributed by atoms with Crippen LogP contribution in [0.15, 0.2) is 54.9 Å². The smallest absolute Gasteiger partial charge is 0.221 e. The Hall–Kier alpha value is -3.54. The zero-order valence-corrected chi connectivity index (χ0v) is 16.5. The number of fused-ring (bicyclic) bond motifs is 6. The van der Waals surface area contributed by atoms with E-state index < -0.39 is 0 Å². The van der Waals surface area contributed by atoms with E-state index in [0.29, 0.717) is 12.0 Å². The van der Waals surface area contributed by atoms with Gasteiger partial charge in [0, 0.05) is 35.3 Å². The van der Waals surface area contributed by atoms with Crippen LogP contribution in [0.25, 0.3) is 33.5 Å². The lowest BCUT2D eigenvalue weighted by molar-refractivity contribution is -0.117. The van der Waals surface area contributed by atoms with Crippen molar-refractivity contribution in [1.29, 1.82) is 0 Å². The molecule has 2 aliphatic rings. The Labute approximate surface area is 173 Å². The van der Waals surface area contributed by atoms with Gasteiger partial charge in [0.2, 0.25) is 5.91 Å². The second-order valence-electron chi connectivity index (χ2n) is 8.26. The molecular formula is C24H21N5O. The maximum absolute atomic E-state index is 11.6. The zero-order chi connectivity index (χ0) is 20.2. The van der Waals surface area contributed by atoms with E-state index in [0.717, 1.165) is 39.1 Å². The van der Waals surface area contributed by atoms with Gasteiger partial charge in [-0.2, -0.15) is 0 Å². The van der Waals surface area contributed by atoms with Crippen LogP contribution in [0.3, 0.4) is 0 Å². The van der Waals surface area contributed by atoms with Crippen molar-refractivity contribution in [3.8, 4) is 22.6 Å². The van der Waals surface area contributed by atoms with Crippen LogP contribution < -0.4 is 5.73 Å². The number of benzene rings is 1. The van der Waals surface area contributed by atoms with Gasteiger partial charge in [0.1, 0.15) is 11.5 Å². The molecule has 4 heterocycles. The predicted octanol–water partition coefficient (Wildman–Crippen LogP) is 4.01. The topological polar surface area (TPSA) is 86.7 Å². The van der Waals surface area contributed by atoms with E-state index in [1.165, 1.54) is 25.1 Å². The van der Waals surface area contributed by atoms with Crippen molar-refractivity contribution < 1.29 is 4.79 Å². The van der Waals surface area contributed by atoms with E-state index in [-0.39, 0.29) is 12.3 Å². The SMILES string of the molecule is NC(=O)Cc1ccnc2ccc(-c3c(-c4ccccn4)nc4n3[C@H]3CC[C@@H]4C3)cc12. The molecule has 0 spiro atoms. The van der Waals surface area contributed by atoms with Crippen LogP contribution in [0.2, 0.25) is 0 Å². The molecule has 3 aromatic heterocycles. The summed E-state index contributed by atoms with van der Waals surface area (Å²) in [5, 5.41) is 0.958. The Morgan fingerprint density at radius 2 is 2.03 bits per heavy atom. The first kappa shape index (κ1) is 17.3. The van der Waals surface area contributed by atoms with Gasteiger partial charge in [0.25, 0.3) is 0 Å². The highest BCUT2D eigenvalue weighted by atomic mass is 16.1. The number of carbonyl (C=O) groups is 1. The average molecular weight is 395 g/mol. The summed E-state index contributed by atoms with van der Waals surface area (Å²) in [5.41, 5.74) is 11.3. The molecule has 1 saturated carbocycles. The van der Waals surface area contributed by atoms with E-state index >= 15 is 0 Å². The highest BCUT2D eigenvalue weighted by Gasteiger charge is 2.41. The van der Waals surface area contributed by atoms with Crippen LogP contribution in [0.4, 0.5) is 0 Å². The van der Waals surface area contributed by atoms with Crippen LogP contribution >= 0.6 is 0 Å². The number of hydrogen-bond acceptors (Lipinski definition) is 4. The second kappa shape index (κ2) is 6.49. The van der Waals surface area contributed by atoms with Crippen LogP contribution in [-0.2, 0) is 11.2 Å². The second-order valence-corrected chi connectivity index (χ2v) is 8.26. The third kappa shape index (κ3) is 2.56. The molecule has 6 nitrogen and oxygen atoms in total. The highest BCUT2D eigenvalue weighted by molar-refractivity contribution is 5.92. The Kier molecular flexibility index (Phi) is 3.75. The number of pyridine rings is 2. The van der Waals surface area contributed by atoms with Gasteiger partial charge in [0.15, 0.2) is 0 Å². The normalized spacial score (nSPS) is 19.3. The van der Waals surface area contributed by atoms with Crippen LogP contribution in [-0.4, -0.2) is 25.4 Å². The van der Waals surface area contributed by atoms with Crippen molar-refractivity contribution in [2.24, 2.45) is 5.73 Å². The Bertz CT molecular complexity index is 1290. The van der Waals surface area contributed by atoms with E-state index in [2.05, 4.69) is 26.7 Å². The molecule has 148 valence electrons. The number of hydrogen-bond donors (Lipinski definition) is 1. The van der Waals surface area contributed by atoms with Gasteiger partial charge in [-0.25, -0.2) is 4.98 Å². The maximum atomic E-state index is 11.6. The molecule has 0 unspecified atom stereocenters. The first-order valence-electron chi connectivity index (χ1n) is 10.4. The molecule has 2 bridgehead atoms. The van der Waals surface area contributed by atoms with Crippen molar-refractivity contribution in [3.63, 3.8) is 0 Å². The number of rotatable bonds is 4. The van der Waals surface area contributed by atoms with E-state index in [4.69, 9.17) is 10.7 Å². The van der Waals surface area contributed by atoms with Crippen molar-refractivity contribution in [3.05, 3.63) is 66.2 Å². The number of carbonyl (C=O) groups excluding carboxylic acids is 1. The fourth-order valence-corrected chi connectivity index (χ4v) is 5.18. The number of amides is 1. The molecule has 2 atom stereocenters. The fraction of sp³-hybridized carbons (Fsp3) is 0.250. The highest BCUT2D eigenvalue weighted by Crippen LogP contribution is 2.52. The fourth-order valence-electron chi connectivity index (χ4n) is 5.18. The van der Waals surface area contributed by atoms with Crippen molar-refractivity contribution in [2.75, 3.05) is 0 Å². The molecule has 1 aromatic carbocycles. The molecule has 1 fully saturated rings. The predicted molar refractivity (Wildman–Crippen MR) is 115 cm³/mol. The maximum Gasteiger partial charge on any atom is 0.221 e. The van der Waals surface area contributed by atoms with Gasteiger partial charge in [-0.3, -0.25) is 14.8 Å². The number of aromatic nitrogens is 4. The summed E-state index contributed by atoms with van der Waals surface area (Å²) in [6.07, 6.45) is 7.34. The van der Waals surface area contributed by atoms with Gasteiger partial charge in [-0.05, 0) is 55.2 Å². The minimum absolute atomic E-state index is 0.199. The van der Waals surface area contributed by atoms with E-state index in [1.54, 1.807) is 6.20 Å². The van der Waals surface area contributed by atoms with Crippen molar-refractivity contribution >= 4 is 16.8 Å². The molecule has 2 N–H and O–H groups in total. The summed E-state index contributed by atoms with van der Waals surface area (Å²) in [6.45, 7) is 0. The molecule has 1 aliphatic heterocycles. The summed E-state index contributed by atoms with van der Waals surface area (Å²) in [6, 6.07) is 14.6. The van der Waals surface area contributed by atoms with Gasteiger partial charge < -0.3 is 10.3 Å². The monoisotopic (exact) mass is 395 g/mol. The largest absolute Gasteiger partial charge is 0.369 e. The molecule has 4 aromatic rings. The third-order valence-corrected chi connectivity index (χ3v) is 6.45. The first-order chi connectivity index (χ1) is 14.7. The van der Waals surface area contributed by atoms with Crippen LogP contribution in [0.5, 0.6) is 0 Å². The van der Waals surface area contributed by atoms with Gasteiger partial charge >= 0.3 is 0 Å². The number of nitrogens with zero attached hydrogens (tertiary/aromatic N) is 4. The average Bonchev–Trinajstić information content (AvgIpc) is 3.46. The number of primary amides is 1. The molecule has 1 amide bonds. The summed E-state index contributed by atoms with van der Waals surface area (Å²) >= 11 is 0. The summed E-state index contributed by atoms with van der Waals surface area (Å²) < 4.78 is 2.43. The summed E-state index contributed by atoms with van der Waals surface area (Å²) in [4.78, 5) is 25.7. The first-order valence-corrected chi connectivity index (χ1v) is 10.4. The Balaban J connectivity index is 1.60. The minimum atomic E-state index is -0.343. The van der Waals surface area contributed by atoms with Gasteiger partial charge in [-0.1, -0.05) is 12.1 Å². The lowest BCUT2D eigenvalue weighted by Crippen LogP contribution is -2.14. The van der Waals surface area contributed by atoms with Gasteiger partial charge in [0.05, 0.1) is 23.3 Å². The summed E-state index contributed by atoms with van der Waals surface area (Å²) in [7, 11) is 0. The molecule has 1 aliphatic carbocycles. The van der Waals surface area contributed by atoms with E-state index in [1.807, 2.05) is 36.5 Å². The van der Waals surface area contributed by atoms with Crippen molar-refractivity contribution in [2.45, 2.75) is 37.6 Å². The Morgan fingerprint density at radius 1 is 1.10 bits per heavy atom. The quantitative estimate of drug-likeness (QED) is 0.566. The molecule has 0 saturated heterocycles. The summed E-state index contributed by atoms with van der Waals surface area (Å²) in [5.74, 6) is 1.38. The molecule has 30 heavy (non-hydrogen) atoms. The molecule has 6 heteroatoms. The lowest BCUT2D eigenvalue weighted by Gasteiger charge is -2.18. The number of imidazole rings is 1. The molecule has 6 rings (SSSR count). The standard InChI is InChI=1S/C24H21N5O/c25-21(30)13-14-8-10-27-19-7-5-15(12-18(14)19)23-22(20-3-1-2-9-26-20)28-24-16-4-6-17(11-16)29(23)24/h1-3,5,7-10,12,16-17H,4,6,11,13H2,(H2,25,30)/t16-,17+/m1/s1.